The maximum Gasteiger partial charge on any atom is 0.229 e. The van der Waals surface area contributed by atoms with E-state index >= 15 is 0 Å². The van der Waals surface area contributed by atoms with Gasteiger partial charge in [-0.05, 0) is 55.4 Å². The second-order valence-corrected chi connectivity index (χ2v) is 10.9. The van der Waals surface area contributed by atoms with Gasteiger partial charge in [0.15, 0.2) is 0 Å². The fourth-order valence-electron chi connectivity index (χ4n) is 7.06. The van der Waals surface area contributed by atoms with Gasteiger partial charge >= 0.3 is 0 Å². The SMILES string of the molecule is CN(C)c1cc(NC23CC4CC(CC2C4)C3)nc(N2CCN(Cc3ccccc3)CC2)n1. The van der Waals surface area contributed by atoms with Crippen LogP contribution in [0.15, 0.2) is 36.4 Å². The van der Waals surface area contributed by atoms with Gasteiger partial charge in [0.25, 0.3) is 0 Å². The Morgan fingerprint density at radius 1 is 0.969 bits per heavy atom. The lowest BCUT2D eigenvalue weighted by Gasteiger charge is -2.36. The molecule has 2 atom stereocenters. The first-order chi connectivity index (χ1) is 15.6. The average molecular weight is 433 g/mol. The van der Waals surface area contributed by atoms with Crippen LogP contribution in [-0.4, -0.2) is 60.7 Å². The maximum atomic E-state index is 5.07. The molecule has 7 rings (SSSR count). The highest BCUT2D eigenvalue weighted by Crippen LogP contribution is 2.61. The standard InChI is InChI=1S/C26H36N6/c1-30(2)24-15-23(29-26-16-20-12-21(17-26)14-22(26)13-20)27-25(28-24)32-10-8-31(9-11-32)18-19-6-4-3-5-7-19/h3-7,15,20-22H,8-14,16-18H2,1-2H3,(H,27,28,29). The number of nitrogens with one attached hydrogen (secondary N) is 1. The van der Waals surface area contributed by atoms with E-state index < -0.39 is 0 Å². The van der Waals surface area contributed by atoms with Crippen LogP contribution in [0.4, 0.5) is 17.6 Å². The van der Waals surface area contributed by atoms with Crippen LogP contribution in [0.1, 0.15) is 37.7 Å². The molecule has 1 aromatic heterocycles. The van der Waals surface area contributed by atoms with Crippen LogP contribution in [0.3, 0.4) is 0 Å². The molecule has 1 aliphatic heterocycles. The van der Waals surface area contributed by atoms with Crippen molar-refractivity contribution >= 4 is 17.6 Å². The number of hydrogen-bond acceptors (Lipinski definition) is 6. The van der Waals surface area contributed by atoms with Gasteiger partial charge in [-0.25, -0.2) is 0 Å². The van der Waals surface area contributed by atoms with Crippen molar-refractivity contribution in [2.45, 2.75) is 44.2 Å². The van der Waals surface area contributed by atoms with Crippen LogP contribution >= 0.6 is 0 Å². The smallest absolute Gasteiger partial charge is 0.229 e. The second kappa shape index (κ2) is 7.91. The van der Waals surface area contributed by atoms with Gasteiger partial charge in [-0.2, -0.15) is 9.97 Å². The van der Waals surface area contributed by atoms with Gasteiger partial charge < -0.3 is 15.1 Å². The molecular weight excluding hydrogens is 396 g/mol. The number of aromatic nitrogens is 2. The first kappa shape index (κ1) is 20.3. The van der Waals surface area contributed by atoms with E-state index in [0.29, 0.717) is 0 Å². The number of hydrogen-bond donors (Lipinski definition) is 1. The van der Waals surface area contributed by atoms with Crippen molar-refractivity contribution in [3.8, 4) is 0 Å². The van der Waals surface area contributed by atoms with Crippen molar-refractivity contribution in [2.24, 2.45) is 17.8 Å². The fraction of sp³-hybridized carbons (Fsp3) is 0.615. The normalized spacial score (nSPS) is 31.3. The lowest BCUT2D eigenvalue weighted by molar-refractivity contribution is 0.248. The van der Waals surface area contributed by atoms with Crippen molar-refractivity contribution in [3.05, 3.63) is 42.0 Å². The van der Waals surface area contributed by atoms with Crippen molar-refractivity contribution in [1.29, 1.82) is 0 Å². The van der Waals surface area contributed by atoms with Crippen LogP contribution in [-0.2, 0) is 6.54 Å². The molecule has 1 saturated heterocycles. The zero-order valence-corrected chi connectivity index (χ0v) is 19.5. The van der Waals surface area contributed by atoms with E-state index in [9.17, 15) is 0 Å². The molecule has 6 heteroatoms. The van der Waals surface area contributed by atoms with Gasteiger partial charge in [-0.3, -0.25) is 4.90 Å². The van der Waals surface area contributed by atoms with Gasteiger partial charge in [0.05, 0.1) is 0 Å². The lowest BCUT2D eigenvalue weighted by Crippen LogP contribution is -2.46. The molecule has 170 valence electrons. The summed E-state index contributed by atoms with van der Waals surface area (Å²) in [5.41, 5.74) is 1.68. The van der Waals surface area contributed by atoms with E-state index in [0.717, 1.165) is 68.1 Å². The van der Waals surface area contributed by atoms with Crippen molar-refractivity contribution in [3.63, 3.8) is 0 Å². The number of nitrogens with zero attached hydrogens (tertiary/aromatic N) is 5. The Morgan fingerprint density at radius 3 is 2.38 bits per heavy atom. The van der Waals surface area contributed by atoms with E-state index in [4.69, 9.17) is 9.97 Å². The fourth-order valence-corrected chi connectivity index (χ4v) is 7.06. The van der Waals surface area contributed by atoms with E-state index in [1.165, 1.54) is 37.7 Å². The number of rotatable bonds is 6. The predicted molar refractivity (Wildman–Crippen MR) is 130 cm³/mol. The molecule has 0 radical (unpaired) electrons. The predicted octanol–water partition coefficient (Wildman–Crippen LogP) is 3.86. The first-order valence-corrected chi connectivity index (χ1v) is 12.4. The Bertz CT molecular complexity index is 938. The molecule has 0 spiro atoms. The number of benzene rings is 1. The molecule has 4 bridgehead atoms. The largest absolute Gasteiger partial charge is 0.364 e. The molecule has 1 N–H and O–H groups in total. The van der Waals surface area contributed by atoms with E-state index in [1.807, 2.05) is 0 Å². The highest BCUT2D eigenvalue weighted by Gasteiger charge is 2.57. The average Bonchev–Trinajstić information content (AvgIpc) is 3.17. The van der Waals surface area contributed by atoms with Gasteiger partial charge in [0.2, 0.25) is 5.95 Å². The molecule has 2 unspecified atom stereocenters. The third kappa shape index (κ3) is 3.72. The summed E-state index contributed by atoms with van der Waals surface area (Å²) in [6, 6.07) is 12.9. The number of anilines is 3. The van der Waals surface area contributed by atoms with Crippen LogP contribution in [0.5, 0.6) is 0 Å². The van der Waals surface area contributed by atoms with Gasteiger partial charge in [-0.15, -0.1) is 0 Å². The van der Waals surface area contributed by atoms with E-state index in [-0.39, 0.29) is 5.54 Å². The van der Waals surface area contributed by atoms with Crippen LogP contribution < -0.4 is 15.1 Å². The zero-order chi connectivity index (χ0) is 21.7. The summed E-state index contributed by atoms with van der Waals surface area (Å²) in [6.07, 6.45) is 6.98. The maximum absolute atomic E-state index is 5.07. The molecule has 5 aliphatic rings. The van der Waals surface area contributed by atoms with Crippen molar-refractivity contribution < 1.29 is 0 Å². The topological polar surface area (TPSA) is 47.5 Å². The summed E-state index contributed by atoms with van der Waals surface area (Å²) < 4.78 is 0. The quantitative estimate of drug-likeness (QED) is 0.748. The number of piperazine rings is 1. The molecule has 32 heavy (non-hydrogen) atoms. The Kier molecular flexibility index (Phi) is 5.01. The first-order valence-electron chi connectivity index (χ1n) is 12.4. The van der Waals surface area contributed by atoms with Gasteiger partial charge in [-0.1, -0.05) is 30.3 Å². The minimum atomic E-state index is 0.289. The Morgan fingerprint density at radius 2 is 1.69 bits per heavy atom. The van der Waals surface area contributed by atoms with Gasteiger partial charge in [0.1, 0.15) is 11.6 Å². The molecule has 6 nitrogen and oxygen atoms in total. The minimum Gasteiger partial charge on any atom is -0.364 e. The van der Waals surface area contributed by atoms with E-state index in [2.05, 4.69) is 70.5 Å². The molecule has 4 saturated carbocycles. The van der Waals surface area contributed by atoms with Crippen LogP contribution in [0, 0.1) is 17.8 Å². The lowest BCUT2D eigenvalue weighted by atomic mass is 9.80. The summed E-state index contributed by atoms with van der Waals surface area (Å²) in [7, 11) is 4.16. The minimum absolute atomic E-state index is 0.289. The highest BCUT2D eigenvalue weighted by molar-refractivity contribution is 5.55. The molecule has 2 aromatic rings. The van der Waals surface area contributed by atoms with Crippen molar-refractivity contribution in [2.75, 3.05) is 55.4 Å². The third-order valence-corrected chi connectivity index (χ3v) is 8.43. The van der Waals surface area contributed by atoms with Gasteiger partial charge in [0, 0.05) is 58.4 Å². The molecule has 5 fully saturated rings. The second-order valence-electron chi connectivity index (χ2n) is 10.9. The molecule has 0 amide bonds. The summed E-state index contributed by atoms with van der Waals surface area (Å²) >= 11 is 0. The zero-order valence-electron chi connectivity index (χ0n) is 19.5. The van der Waals surface area contributed by atoms with Crippen molar-refractivity contribution in [1.82, 2.24) is 14.9 Å². The summed E-state index contributed by atoms with van der Waals surface area (Å²) in [6.45, 7) is 5.06. The Balaban J connectivity index is 1.18. The van der Waals surface area contributed by atoms with Crippen LogP contribution in [0.25, 0.3) is 0 Å². The summed E-state index contributed by atoms with van der Waals surface area (Å²) in [5, 5.41) is 3.98. The third-order valence-electron chi connectivity index (χ3n) is 8.43. The Labute approximate surface area is 192 Å². The highest BCUT2D eigenvalue weighted by atomic mass is 15.3. The molecule has 4 aliphatic carbocycles. The Hall–Kier alpha value is -2.34. The van der Waals surface area contributed by atoms with E-state index in [1.54, 1.807) is 0 Å². The summed E-state index contributed by atoms with van der Waals surface area (Å²) in [5.74, 6) is 5.62. The molecular formula is C26H36N6. The molecule has 1 aromatic carbocycles. The molecule has 2 heterocycles. The summed E-state index contributed by atoms with van der Waals surface area (Å²) in [4.78, 5) is 17.0. The monoisotopic (exact) mass is 432 g/mol. The van der Waals surface area contributed by atoms with Crippen LogP contribution in [0.2, 0.25) is 0 Å².